The van der Waals surface area contributed by atoms with Crippen LogP contribution in [0.2, 0.25) is 5.02 Å². The molecule has 0 bridgehead atoms. The molecule has 0 radical (unpaired) electrons. The lowest BCUT2D eigenvalue weighted by Crippen LogP contribution is -2.14. The van der Waals surface area contributed by atoms with E-state index in [-0.39, 0.29) is 5.97 Å². The van der Waals surface area contributed by atoms with Crippen molar-refractivity contribution in [3.8, 4) is 0 Å². The second-order valence-electron chi connectivity index (χ2n) is 4.85. The van der Waals surface area contributed by atoms with Gasteiger partial charge >= 0.3 is 5.97 Å². The van der Waals surface area contributed by atoms with Gasteiger partial charge in [-0.25, -0.2) is 4.79 Å². The van der Waals surface area contributed by atoms with Crippen LogP contribution < -0.4 is 0 Å². The molecule has 0 fully saturated rings. The molecular weight excluding hydrogens is 286 g/mol. The minimum absolute atomic E-state index is 0.337. The van der Waals surface area contributed by atoms with Crippen LogP contribution in [0.1, 0.15) is 27.0 Å². The number of carbonyl (C=O) groups excluding carboxylic acids is 1. The van der Waals surface area contributed by atoms with E-state index in [1.54, 1.807) is 12.1 Å². The lowest BCUT2D eigenvalue weighted by Gasteiger charge is -2.17. The highest BCUT2D eigenvalue weighted by Crippen LogP contribution is 2.24. The number of nitrogens with zero attached hydrogens (tertiary/aromatic N) is 1. The van der Waals surface area contributed by atoms with Crippen LogP contribution in [0.15, 0.2) is 47.5 Å². The summed E-state index contributed by atoms with van der Waals surface area (Å²) in [6.45, 7) is 0.767. The Morgan fingerprint density at radius 1 is 1.19 bits per heavy atom. The number of ether oxygens (including phenoxy) is 1. The second kappa shape index (κ2) is 5.70. The first-order valence-corrected chi connectivity index (χ1v) is 7.09. The van der Waals surface area contributed by atoms with Gasteiger partial charge in [0.05, 0.1) is 18.4 Å². The Morgan fingerprint density at radius 2 is 1.95 bits per heavy atom. The van der Waals surface area contributed by atoms with Gasteiger partial charge in [-0.05, 0) is 36.2 Å². The minimum Gasteiger partial charge on any atom is -0.465 e. The number of hydrogen-bond acceptors (Lipinski definition) is 3. The lowest BCUT2D eigenvalue weighted by molar-refractivity contribution is 0.0600. The molecule has 4 heteroatoms. The van der Waals surface area contributed by atoms with E-state index in [0.29, 0.717) is 10.6 Å². The maximum Gasteiger partial charge on any atom is 0.337 e. The Hall–Kier alpha value is -2.13. The van der Waals surface area contributed by atoms with Crippen molar-refractivity contribution in [3.05, 3.63) is 69.7 Å². The Balaban J connectivity index is 2.00. The first-order chi connectivity index (χ1) is 10.2. The van der Waals surface area contributed by atoms with Gasteiger partial charge in [0.1, 0.15) is 0 Å². The number of aliphatic imine (C=N–C) groups is 1. The van der Waals surface area contributed by atoms with Crippen molar-refractivity contribution in [2.24, 2.45) is 4.99 Å². The van der Waals surface area contributed by atoms with Gasteiger partial charge in [-0.1, -0.05) is 29.8 Å². The molecule has 2 aromatic rings. The zero-order valence-electron chi connectivity index (χ0n) is 11.6. The lowest BCUT2D eigenvalue weighted by atomic mass is 9.93. The van der Waals surface area contributed by atoms with Crippen LogP contribution in [0, 0.1) is 0 Å². The summed E-state index contributed by atoms with van der Waals surface area (Å²) in [4.78, 5) is 16.1. The van der Waals surface area contributed by atoms with Crippen molar-refractivity contribution >= 4 is 23.3 Å². The largest absolute Gasteiger partial charge is 0.465 e. The van der Waals surface area contributed by atoms with Crippen LogP contribution in [-0.4, -0.2) is 25.3 Å². The molecular formula is C17H14ClNO2. The smallest absolute Gasteiger partial charge is 0.337 e. The normalized spacial score (nSPS) is 13.3. The zero-order valence-corrected chi connectivity index (χ0v) is 12.4. The van der Waals surface area contributed by atoms with Gasteiger partial charge in [-0.15, -0.1) is 0 Å². The number of fused-ring (bicyclic) bond motifs is 1. The quantitative estimate of drug-likeness (QED) is 0.796. The summed E-state index contributed by atoms with van der Waals surface area (Å²) in [7, 11) is 1.37. The van der Waals surface area contributed by atoms with E-state index in [2.05, 4.69) is 11.1 Å². The fourth-order valence-electron chi connectivity index (χ4n) is 2.49. The van der Waals surface area contributed by atoms with E-state index >= 15 is 0 Å². The topological polar surface area (TPSA) is 38.7 Å². The first-order valence-electron chi connectivity index (χ1n) is 6.71. The molecule has 1 heterocycles. The van der Waals surface area contributed by atoms with E-state index < -0.39 is 0 Å². The van der Waals surface area contributed by atoms with Crippen molar-refractivity contribution in [3.63, 3.8) is 0 Å². The highest BCUT2D eigenvalue weighted by atomic mass is 35.5. The maximum absolute atomic E-state index is 11.5. The number of benzene rings is 2. The summed E-state index contributed by atoms with van der Waals surface area (Å²) in [5, 5.41) is 0.703. The molecule has 0 unspecified atom stereocenters. The highest BCUT2D eigenvalue weighted by molar-refractivity contribution is 6.31. The first kappa shape index (κ1) is 13.8. The van der Waals surface area contributed by atoms with Gasteiger partial charge in [0.25, 0.3) is 0 Å². The van der Waals surface area contributed by atoms with E-state index in [4.69, 9.17) is 16.3 Å². The van der Waals surface area contributed by atoms with Crippen LogP contribution >= 0.6 is 11.6 Å². The third-order valence-corrected chi connectivity index (χ3v) is 3.79. The number of methoxy groups -OCH3 is 1. The summed E-state index contributed by atoms with van der Waals surface area (Å²) in [6.07, 6.45) is 0.927. The Morgan fingerprint density at radius 3 is 2.67 bits per heavy atom. The third-order valence-electron chi connectivity index (χ3n) is 3.56. The van der Waals surface area contributed by atoms with Crippen molar-refractivity contribution in [2.45, 2.75) is 6.42 Å². The van der Waals surface area contributed by atoms with Gasteiger partial charge in [0.2, 0.25) is 0 Å². The van der Waals surface area contributed by atoms with Crippen LogP contribution in [0.3, 0.4) is 0 Å². The van der Waals surface area contributed by atoms with Crippen molar-refractivity contribution in [1.29, 1.82) is 0 Å². The van der Waals surface area contributed by atoms with Crippen LogP contribution in [0.25, 0.3) is 0 Å². The molecule has 1 aliphatic rings. The molecule has 106 valence electrons. The molecule has 0 N–H and O–H groups in total. The molecule has 0 saturated carbocycles. The summed E-state index contributed by atoms with van der Waals surface area (Å²) < 4.78 is 4.71. The maximum atomic E-state index is 11.5. The third kappa shape index (κ3) is 2.69. The number of rotatable bonds is 2. The monoisotopic (exact) mass is 299 g/mol. The van der Waals surface area contributed by atoms with E-state index in [1.807, 2.05) is 24.3 Å². The molecule has 0 aliphatic carbocycles. The zero-order chi connectivity index (χ0) is 14.8. The fourth-order valence-corrected chi connectivity index (χ4v) is 2.66. The van der Waals surface area contributed by atoms with Crippen molar-refractivity contribution < 1.29 is 9.53 Å². The average molecular weight is 300 g/mol. The molecule has 3 rings (SSSR count). The number of hydrogen-bond donors (Lipinski definition) is 0. The van der Waals surface area contributed by atoms with Gasteiger partial charge < -0.3 is 4.74 Å². The molecule has 2 aromatic carbocycles. The SMILES string of the molecule is COC(=O)c1ccc(C2=NCCc3ccc(Cl)cc32)cc1. The number of carbonyl (C=O) groups is 1. The van der Waals surface area contributed by atoms with Crippen LogP contribution in [0.4, 0.5) is 0 Å². The van der Waals surface area contributed by atoms with Crippen LogP contribution in [-0.2, 0) is 11.2 Å². The van der Waals surface area contributed by atoms with Gasteiger partial charge in [0.15, 0.2) is 0 Å². The Kier molecular flexibility index (Phi) is 3.76. The van der Waals surface area contributed by atoms with Gasteiger partial charge in [-0.2, -0.15) is 0 Å². The van der Waals surface area contributed by atoms with Crippen molar-refractivity contribution in [1.82, 2.24) is 0 Å². The van der Waals surface area contributed by atoms with Crippen molar-refractivity contribution in [2.75, 3.05) is 13.7 Å². The molecule has 0 saturated heterocycles. The summed E-state index contributed by atoms with van der Waals surface area (Å²) in [5.74, 6) is -0.337. The fraction of sp³-hybridized carbons (Fsp3) is 0.176. The predicted molar refractivity (Wildman–Crippen MR) is 83.4 cm³/mol. The van der Waals surface area contributed by atoms with E-state index in [1.165, 1.54) is 12.7 Å². The molecule has 21 heavy (non-hydrogen) atoms. The van der Waals surface area contributed by atoms with E-state index in [0.717, 1.165) is 29.8 Å². The van der Waals surface area contributed by atoms with Gasteiger partial charge in [0, 0.05) is 22.7 Å². The standard InChI is InChI=1S/C17H14ClNO2/c1-21-17(20)13-4-2-12(3-5-13)16-15-10-14(18)7-6-11(15)8-9-19-16/h2-7,10H,8-9H2,1H3. The molecule has 0 aromatic heterocycles. The second-order valence-corrected chi connectivity index (χ2v) is 5.29. The van der Waals surface area contributed by atoms with E-state index in [9.17, 15) is 4.79 Å². The predicted octanol–water partition coefficient (Wildman–Crippen LogP) is 3.52. The molecule has 1 aliphatic heterocycles. The number of halogens is 1. The Bertz CT molecular complexity index is 720. The average Bonchev–Trinajstić information content (AvgIpc) is 2.53. The minimum atomic E-state index is -0.337. The summed E-state index contributed by atoms with van der Waals surface area (Å²) in [5.41, 5.74) is 4.76. The number of esters is 1. The Labute approximate surface area is 128 Å². The van der Waals surface area contributed by atoms with Gasteiger partial charge in [-0.3, -0.25) is 4.99 Å². The molecule has 0 amide bonds. The molecule has 0 atom stereocenters. The highest BCUT2D eigenvalue weighted by Gasteiger charge is 2.16. The molecule has 3 nitrogen and oxygen atoms in total. The summed E-state index contributed by atoms with van der Waals surface area (Å²) in [6, 6.07) is 13.2. The summed E-state index contributed by atoms with van der Waals surface area (Å²) >= 11 is 6.10. The van der Waals surface area contributed by atoms with Crippen LogP contribution in [0.5, 0.6) is 0 Å². The molecule has 0 spiro atoms.